The summed E-state index contributed by atoms with van der Waals surface area (Å²) in [4.78, 5) is 12.4. The molecule has 0 atom stereocenters. The Balaban J connectivity index is 1.51. The zero-order chi connectivity index (χ0) is 21.1. The first kappa shape index (κ1) is 21.6. The number of rotatable bonds is 7. The van der Waals surface area contributed by atoms with E-state index in [9.17, 15) is 4.79 Å². The number of carbonyl (C=O) groups excluding carboxylic acids is 1. The van der Waals surface area contributed by atoms with E-state index >= 15 is 0 Å². The number of aromatic nitrogens is 4. The van der Waals surface area contributed by atoms with Gasteiger partial charge < -0.3 is 5.32 Å². The Morgan fingerprint density at radius 2 is 1.69 bits per heavy atom. The molecule has 0 radical (unpaired) electrons. The Kier molecular flexibility index (Phi) is 6.80. The van der Waals surface area contributed by atoms with E-state index in [2.05, 4.69) is 31.4 Å². The molecule has 6 nitrogen and oxygen atoms in total. The van der Waals surface area contributed by atoms with Gasteiger partial charge in [-0.3, -0.25) is 14.2 Å². The molecule has 8 heteroatoms. The molecule has 154 valence electrons. The number of hydrogen-bond donors (Lipinski definition) is 1. The molecule has 0 aliphatic carbocycles. The SMILES string of the molecule is Cc1nn(CCCNC(=O)c2ccc(Cn3nc(C)c(Br)c3C)cc2)c(C)c1Cl. The Hall–Kier alpha value is -2.12. The predicted molar refractivity (Wildman–Crippen MR) is 119 cm³/mol. The van der Waals surface area contributed by atoms with Crippen LogP contribution in [-0.4, -0.2) is 32.0 Å². The van der Waals surface area contributed by atoms with Gasteiger partial charge in [0.25, 0.3) is 5.91 Å². The van der Waals surface area contributed by atoms with Gasteiger partial charge in [-0.25, -0.2) is 0 Å². The molecule has 0 spiro atoms. The Morgan fingerprint density at radius 1 is 1.03 bits per heavy atom. The van der Waals surface area contributed by atoms with E-state index in [0.29, 0.717) is 23.7 Å². The van der Waals surface area contributed by atoms with Gasteiger partial charge in [0.05, 0.1) is 38.8 Å². The second-order valence-electron chi connectivity index (χ2n) is 7.16. The van der Waals surface area contributed by atoms with Crippen LogP contribution in [0.4, 0.5) is 0 Å². The predicted octanol–water partition coefficient (Wildman–Crippen LogP) is 4.60. The monoisotopic (exact) mass is 477 g/mol. The van der Waals surface area contributed by atoms with E-state index in [-0.39, 0.29) is 5.91 Å². The van der Waals surface area contributed by atoms with Gasteiger partial charge in [-0.1, -0.05) is 23.7 Å². The standard InChI is InChI=1S/C21H25BrClN5O/c1-13-19(22)15(3)28(25-13)12-17-6-8-18(9-7-17)21(29)24-10-5-11-27-16(4)20(23)14(2)26-27/h6-9H,5,10-12H2,1-4H3,(H,24,29). The van der Waals surface area contributed by atoms with Crippen molar-refractivity contribution in [2.75, 3.05) is 6.54 Å². The normalized spacial score (nSPS) is 11.1. The van der Waals surface area contributed by atoms with Crippen LogP contribution in [0.2, 0.25) is 5.02 Å². The smallest absolute Gasteiger partial charge is 0.251 e. The molecule has 0 bridgehead atoms. The first-order valence-electron chi connectivity index (χ1n) is 9.54. The minimum absolute atomic E-state index is 0.0724. The second kappa shape index (κ2) is 9.13. The fourth-order valence-electron chi connectivity index (χ4n) is 3.19. The largest absolute Gasteiger partial charge is 0.352 e. The number of hydrogen-bond acceptors (Lipinski definition) is 3. The number of nitrogens with zero attached hydrogens (tertiary/aromatic N) is 4. The molecule has 0 saturated heterocycles. The van der Waals surface area contributed by atoms with Gasteiger partial charge in [0.2, 0.25) is 0 Å². The van der Waals surface area contributed by atoms with Crippen molar-refractivity contribution in [2.45, 2.75) is 47.2 Å². The minimum atomic E-state index is -0.0724. The van der Waals surface area contributed by atoms with Crippen LogP contribution in [0, 0.1) is 27.7 Å². The molecular formula is C21H25BrClN5O. The Bertz CT molecular complexity index is 1020. The van der Waals surface area contributed by atoms with E-state index in [1.165, 1.54) is 0 Å². The number of carbonyl (C=O) groups is 1. The van der Waals surface area contributed by atoms with Crippen LogP contribution < -0.4 is 5.32 Å². The van der Waals surface area contributed by atoms with Crippen molar-refractivity contribution in [3.63, 3.8) is 0 Å². The fraction of sp³-hybridized carbons (Fsp3) is 0.381. The summed E-state index contributed by atoms with van der Waals surface area (Å²) in [5.41, 5.74) is 5.61. The molecule has 3 rings (SSSR count). The number of halogens is 2. The van der Waals surface area contributed by atoms with Crippen LogP contribution in [-0.2, 0) is 13.1 Å². The summed E-state index contributed by atoms with van der Waals surface area (Å²) in [6, 6.07) is 7.65. The fourth-order valence-corrected chi connectivity index (χ4v) is 3.61. The molecule has 2 heterocycles. The summed E-state index contributed by atoms with van der Waals surface area (Å²) in [6.45, 7) is 9.83. The number of nitrogens with one attached hydrogen (secondary N) is 1. The van der Waals surface area contributed by atoms with Crippen molar-refractivity contribution in [3.05, 3.63) is 67.7 Å². The van der Waals surface area contributed by atoms with Gasteiger partial charge in [-0.05, 0) is 67.7 Å². The van der Waals surface area contributed by atoms with Crippen LogP contribution in [0.3, 0.4) is 0 Å². The van der Waals surface area contributed by atoms with E-state index in [1.807, 2.05) is 61.3 Å². The van der Waals surface area contributed by atoms with Crippen LogP contribution >= 0.6 is 27.5 Å². The van der Waals surface area contributed by atoms with Crippen molar-refractivity contribution in [1.29, 1.82) is 0 Å². The molecule has 0 saturated carbocycles. The lowest BCUT2D eigenvalue weighted by Gasteiger charge is -2.08. The van der Waals surface area contributed by atoms with E-state index in [0.717, 1.165) is 45.8 Å². The highest BCUT2D eigenvalue weighted by Gasteiger charge is 2.11. The first-order valence-corrected chi connectivity index (χ1v) is 10.7. The quantitative estimate of drug-likeness (QED) is 0.505. The third kappa shape index (κ3) is 4.90. The number of amides is 1. The molecule has 1 amide bonds. The highest BCUT2D eigenvalue weighted by Crippen LogP contribution is 2.21. The van der Waals surface area contributed by atoms with Crippen LogP contribution in [0.1, 0.15) is 45.1 Å². The zero-order valence-electron chi connectivity index (χ0n) is 17.1. The van der Waals surface area contributed by atoms with E-state index in [1.54, 1.807) is 0 Å². The van der Waals surface area contributed by atoms with Crippen LogP contribution in [0.15, 0.2) is 28.7 Å². The summed E-state index contributed by atoms with van der Waals surface area (Å²) in [6.07, 6.45) is 0.787. The zero-order valence-corrected chi connectivity index (χ0v) is 19.4. The molecule has 3 aromatic rings. The van der Waals surface area contributed by atoms with Gasteiger partial charge in [0.15, 0.2) is 0 Å². The molecule has 1 aromatic carbocycles. The lowest BCUT2D eigenvalue weighted by Crippen LogP contribution is -2.25. The van der Waals surface area contributed by atoms with Gasteiger partial charge in [0.1, 0.15) is 0 Å². The van der Waals surface area contributed by atoms with Crippen molar-refractivity contribution in [2.24, 2.45) is 0 Å². The lowest BCUT2D eigenvalue weighted by molar-refractivity contribution is 0.0952. The number of benzene rings is 1. The van der Waals surface area contributed by atoms with Crippen LogP contribution in [0.5, 0.6) is 0 Å². The second-order valence-corrected chi connectivity index (χ2v) is 8.33. The summed E-state index contributed by atoms with van der Waals surface area (Å²) in [5.74, 6) is -0.0724. The molecule has 0 unspecified atom stereocenters. The minimum Gasteiger partial charge on any atom is -0.352 e. The molecule has 0 aliphatic rings. The third-order valence-electron chi connectivity index (χ3n) is 4.97. The molecular weight excluding hydrogens is 454 g/mol. The Morgan fingerprint density at radius 3 is 2.24 bits per heavy atom. The van der Waals surface area contributed by atoms with E-state index < -0.39 is 0 Å². The highest BCUT2D eigenvalue weighted by molar-refractivity contribution is 9.10. The van der Waals surface area contributed by atoms with Crippen molar-refractivity contribution >= 4 is 33.4 Å². The molecule has 29 heavy (non-hydrogen) atoms. The van der Waals surface area contributed by atoms with Crippen molar-refractivity contribution in [3.8, 4) is 0 Å². The van der Waals surface area contributed by atoms with Crippen molar-refractivity contribution in [1.82, 2.24) is 24.9 Å². The molecule has 0 aliphatic heterocycles. The van der Waals surface area contributed by atoms with E-state index in [4.69, 9.17) is 11.6 Å². The van der Waals surface area contributed by atoms with Crippen LogP contribution in [0.25, 0.3) is 0 Å². The lowest BCUT2D eigenvalue weighted by atomic mass is 10.1. The van der Waals surface area contributed by atoms with Gasteiger partial charge in [0, 0.05) is 18.7 Å². The maximum atomic E-state index is 12.4. The van der Waals surface area contributed by atoms with Gasteiger partial charge >= 0.3 is 0 Å². The summed E-state index contributed by atoms with van der Waals surface area (Å²) in [7, 11) is 0. The average molecular weight is 479 g/mol. The summed E-state index contributed by atoms with van der Waals surface area (Å²) in [5, 5.41) is 12.6. The maximum absolute atomic E-state index is 12.4. The third-order valence-corrected chi connectivity index (χ3v) is 6.66. The maximum Gasteiger partial charge on any atom is 0.251 e. The average Bonchev–Trinajstić information content (AvgIpc) is 3.09. The topological polar surface area (TPSA) is 64.7 Å². The molecule has 1 N–H and O–H groups in total. The highest BCUT2D eigenvalue weighted by atomic mass is 79.9. The Labute approximate surface area is 184 Å². The van der Waals surface area contributed by atoms with Crippen molar-refractivity contribution < 1.29 is 4.79 Å². The van der Waals surface area contributed by atoms with Gasteiger partial charge in [-0.2, -0.15) is 10.2 Å². The summed E-state index contributed by atoms with van der Waals surface area (Å²) < 4.78 is 4.88. The van der Waals surface area contributed by atoms with Gasteiger partial charge in [-0.15, -0.1) is 0 Å². The molecule has 2 aromatic heterocycles. The first-order chi connectivity index (χ1) is 13.8. The number of aryl methyl sites for hydroxylation is 3. The summed E-state index contributed by atoms with van der Waals surface area (Å²) >= 11 is 9.71. The molecule has 0 fully saturated rings.